The summed E-state index contributed by atoms with van der Waals surface area (Å²) < 4.78 is 26.5. The van der Waals surface area contributed by atoms with E-state index in [1.165, 1.54) is 24.3 Å². The van der Waals surface area contributed by atoms with Gasteiger partial charge >= 0.3 is 11.9 Å². The summed E-state index contributed by atoms with van der Waals surface area (Å²) >= 11 is 0. The van der Waals surface area contributed by atoms with Crippen LogP contribution in [0.3, 0.4) is 0 Å². The number of hydrogen-bond acceptors (Lipinski definition) is 2. The third-order valence-electron chi connectivity index (χ3n) is 2.49. The number of carboxylic acids is 1. The minimum absolute atomic E-state index is 0.134. The molecule has 16 heavy (non-hydrogen) atoms. The number of alkyl halides is 2. The molecule has 0 saturated carbocycles. The summed E-state index contributed by atoms with van der Waals surface area (Å²) in [6, 6.07) is 5.63. The Hall–Kier alpha value is -1.49. The Morgan fingerprint density at radius 2 is 1.69 bits per heavy atom. The lowest BCUT2D eigenvalue weighted by molar-refractivity contribution is -0.207. The van der Waals surface area contributed by atoms with Crippen LogP contribution in [0.2, 0.25) is 0 Å². The first-order valence-electron chi connectivity index (χ1n) is 4.60. The summed E-state index contributed by atoms with van der Waals surface area (Å²) in [6.45, 7) is 2.54. The fourth-order valence-corrected chi connectivity index (χ4v) is 1.27. The van der Waals surface area contributed by atoms with Crippen LogP contribution in [0.5, 0.6) is 0 Å². The van der Waals surface area contributed by atoms with Crippen LogP contribution in [0, 0.1) is 6.92 Å². The van der Waals surface area contributed by atoms with Gasteiger partial charge in [-0.05, 0) is 19.4 Å². The molecule has 2 N–H and O–H groups in total. The van der Waals surface area contributed by atoms with Gasteiger partial charge in [0, 0.05) is 0 Å². The fraction of sp³-hybridized carbons (Fsp3) is 0.364. The lowest BCUT2D eigenvalue weighted by Crippen LogP contribution is -2.48. The van der Waals surface area contributed by atoms with E-state index in [1.54, 1.807) is 6.92 Å². The molecule has 0 aliphatic heterocycles. The van der Waals surface area contributed by atoms with Gasteiger partial charge < -0.3 is 10.2 Å². The van der Waals surface area contributed by atoms with Crippen molar-refractivity contribution in [2.75, 3.05) is 0 Å². The van der Waals surface area contributed by atoms with Crippen LogP contribution in [-0.4, -0.2) is 22.1 Å². The molecule has 0 aliphatic carbocycles. The van der Waals surface area contributed by atoms with E-state index in [2.05, 4.69) is 0 Å². The highest BCUT2D eigenvalue weighted by atomic mass is 19.3. The van der Waals surface area contributed by atoms with E-state index in [0.717, 1.165) is 12.5 Å². The van der Waals surface area contributed by atoms with Crippen molar-refractivity contribution >= 4 is 5.97 Å². The predicted octanol–water partition coefficient (Wildman–Crippen LogP) is 1.92. The molecule has 5 heteroatoms. The zero-order valence-corrected chi connectivity index (χ0v) is 8.87. The molecule has 0 bridgehead atoms. The molecule has 0 spiro atoms. The summed E-state index contributed by atoms with van der Waals surface area (Å²) in [6.07, 6.45) is 0. The van der Waals surface area contributed by atoms with E-state index < -0.39 is 17.5 Å². The zero-order chi connectivity index (χ0) is 12.6. The van der Waals surface area contributed by atoms with Crippen LogP contribution in [0.4, 0.5) is 8.78 Å². The molecular formula is C11H12F2O3. The van der Waals surface area contributed by atoms with E-state index in [-0.39, 0.29) is 5.56 Å². The molecule has 1 unspecified atom stereocenters. The molecule has 0 heterocycles. The first-order chi connectivity index (χ1) is 7.19. The lowest BCUT2D eigenvalue weighted by Gasteiger charge is -2.29. The summed E-state index contributed by atoms with van der Waals surface area (Å²) in [7, 11) is 0. The van der Waals surface area contributed by atoms with Crippen LogP contribution in [0.1, 0.15) is 18.1 Å². The quantitative estimate of drug-likeness (QED) is 0.834. The number of hydrogen-bond donors (Lipinski definition) is 2. The number of aliphatic hydroxyl groups is 1. The zero-order valence-electron chi connectivity index (χ0n) is 8.87. The maximum Gasteiger partial charge on any atom is 0.378 e. The first-order valence-corrected chi connectivity index (χ1v) is 4.60. The molecule has 1 atom stereocenters. The third kappa shape index (κ3) is 1.90. The van der Waals surface area contributed by atoms with Gasteiger partial charge in [-0.15, -0.1) is 0 Å². The van der Waals surface area contributed by atoms with E-state index in [0.29, 0.717) is 0 Å². The van der Waals surface area contributed by atoms with Gasteiger partial charge in [0.1, 0.15) is 0 Å². The van der Waals surface area contributed by atoms with Gasteiger partial charge in [-0.2, -0.15) is 8.78 Å². The number of carbonyl (C=O) groups is 1. The molecule has 1 aromatic carbocycles. The second-order valence-corrected chi connectivity index (χ2v) is 3.82. The molecular weight excluding hydrogens is 218 g/mol. The van der Waals surface area contributed by atoms with Gasteiger partial charge in [-0.3, -0.25) is 0 Å². The van der Waals surface area contributed by atoms with Crippen molar-refractivity contribution in [3.05, 3.63) is 35.4 Å². The Morgan fingerprint density at radius 3 is 2.06 bits per heavy atom. The SMILES string of the molecule is Cc1ccc(C(C)(O)C(F)(F)C(=O)O)cc1. The fourth-order valence-electron chi connectivity index (χ4n) is 1.27. The average Bonchev–Trinajstić information content (AvgIpc) is 2.17. The Balaban J connectivity index is 3.20. The lowest BCUT2D eigenvalue weighted by atomic mass is 9.89. The van der Waals surface area contributed by atoms with Crippen molar-refractivity contribution in [1.82, 2.24) is 0 Å². The molecule has 88 valence electrons. The Bertz CT molecular complexity index is 396. The van der Waals surface area contributed by atoms with Gasteiger partial charge in [0.05, 0.1) is 0 Å². The van der Waals surface area contributed by atoms with E-state index >= 15 is 0 Å². The highest BCUT2D eigenvalue weighted by Gasteiger charge is 2.56. The molecule has 0 amide bonds. The number of aliphatic carboxylic acids is 1. The van der Waals surface area contributed by atoms with E-state index in [9.17, 15) is 18.7 Å². The Kier molecular flexibility index (Phi) is 3.01. The number of aryl methyl sites for hydroxylation is 1. The normalized spacial score (nSPS) is 15.6. The number of halogens is 2. The summed E-state index contributed by atoms with van der Waals surface area (Å²) in [4.78, 5) is 10.4. The van der Waals surface area contributed by atoms with Crippen molar-refractivity contribution < 1.29 is 23.8 Å². The summed E-state index contributed by atoms with van der Waals surface area (Å²) in [5.41, 5.74) is -2.03. The highest BCUT2D eigenvalue weighted by molar-refractivity contribution is 5.77. The van der Waals surface area contributed by atoms with Crippen molar-refractivity contribution in [2.24, 2.45) is 0 Å². The topological polar surface area (TPSA) is 57.5 Å². The summed E-state index contributed by atoms with van der Waals surface area (Å²) in [5, 5.41) is 18.0. The highest BCUT2D eigenvalue weighted by Crippen LogP contribution is 2.37. The van der Waals surface area contributed by atoms with Crippen molar-refractivity contribution in [1.29, 1.82) is 0 Å². The van der Waals surface area contributed by atoms with Gasteiger partial charge in [-0.25, -0.2) is 4.79 Å². The number of carboxylic acid groups (broad SMARTS) is 1. The minimum atomic E-state index is -4.23. The molecule has 0 aromatic heterocycles. The van der Waals surface area contributed by atoms with Gasteiger partial charge in [0.2, 0.25) is 0 Å². The second kappa shape index (κ2) is 3.83. The number of benzene rings is 1. The Morgan fingerprint density at radius 1 is 1.25 bits per heavy atom. The molecule has 0 saturated heterocycles. The molecule has 0 aliphatic rings. The molecule has 0 fully saturated rings. The minimum Gasteiger partial charge on any atom is -0.477 e. The van der Waals surface area contributed by atoms with Gasteiger partial charge in [0.15, 0.2) is 5.60 Å². The third-order valence-corrected chi connectivity index (χ3v) is 2.49. The standard InChI is InChI=1S/C11H12F2O3/c1-7-3-5-8(6-4-7)10(2,16)11(12,13)9(14)15/h3-6,16H,1-2H3,(H,14,15). The van der Waals surface area contributed by atoms with Crippen molar-refractivity contribution in [2.45, 2.75) is 25.4 Å². The van der Waals surface area contributed by atoms with Crippen LogP contribution < -0.4 is 0 Å². The van der Waals surface area contributed by atoms with Crippen LogP contribution in [-0.2, 0) is 10.4 Å². The maximum atomic E-state index is 13.3. The molecule has 1 rings (SSSR count). The second-order valence-electron chi connectivity index (χ2n) is 3.82. The first kappa shape index (κ1) is 12.6. The maximum absolute atomic E-state index is 13.3. The number of rotatable bonds is 3. The largest absolute Gasteiger partial charge is 0.477 e. The summed E-state index contributed by atoms with van der Waals surface area (Å²) in [5.74, 6) is -6.58. The predicted molar refractivity (Wildman–Crippen MR) is 53.3 cm³/mol. The van der Waals surface area contributed by atoms with Gasteiger partial charge in [-0.1, -0.05) is 29.8 Å². The van der Waals surface area contributed by atoms with Gasteiger partial charge in [0.25, 0.3) is 0 Å². The molecule has 3 nitrogen and oxygen atoms in total. The van der Waals surface area contributed by atoms with Crippen LogP contribution in [0.25, 0.3) is 0 Å². The smallest absolute Gasteiger partial charge is 0.378 e. The monoisotopic (exact) mass is 230 g/mol. The average molecular weight is 230 g/mol. The Labute approximate surface area is 91.3 Å². The molecule has 0 radical (unpaired) electrons. The van der Waals surface area contributed by atoms with E-state index in [1.807, 2.05) is 0 Å². The molecule has 1 aromatic rings. The van der Waals surface area contributed by atoms with Crippen molar-refractivity contribution in [3.63, 3.8) is 0 Å². The van der Waals surface area contributed by atoms with Crippen LogP contribution >= 0.6 is 0 Å². The van der Waals surface area contributed by atoms with Crippen LogP contribution in [0.15, 0.2) is 24.3 Å². The van der Waals surface area contributed by atoms with Crippen molar-refractivity contribution in [3.8, 4) is 0 Å². The van der Waals surface area contributed by atoms with E-state index in [4.69, 9.17) is 5.11 Å².